The molecule has 0 bridgehead atoms. The molecule has 2 aromatic carbocycles. The first-order valence-corrected chi connectivity index (χ1v) is 10.7. The molecule has 31 heavy (non-hydrogen) atoms. The van der Waals surface area contributed by atoms with Crippen LogP contribution in [-0.4, -0.2) is 36.3 Å². The number of rotatable bonds is 6. The lowest BCUT2D eigenvalue weighted by Crippen LogP contribution is -2.45. The lowest BCUT2D eigenvalue weighted by Gasteiger charge is -2.33. The Morgan fingerprint density at radius 1 is 0.968 bits per heavy atom. The maximum atomic E-state index is 13.5. The number of hydrogen-bond donors (Lipinski definition) is 1. The first-order chi connectivity index (χ1) is 15.2. The summed E-state index contributed by atoms with van der Waals surface area (Å²) < 4.78 is 5.22. The number of benzene rings is 2. The highest BCUT2D eigenvalue weighted by Crippen LogP contribution is 2.27. The van der Waals surface area contributed by atoms with Crippen LogP contribution in [0.1, 0.15) is 35.2 Å². The minimum atomic E-state index is -0.0967. The molecule has 1 aliphatic rings. The van der Waals surface area contributed by atoms with E-state index in [1.165, 1.54) is 0 Å². The van der Waals surface area contributed by atoms with E-state index in [0.29, 0.717) is 12.1 Å². The van der Waals surface area contributed by atoms with E-state index in [-0.39, 0.29) is 18.4 Å². The molecule has 0 atom stereocenters. The molecule has 0 saturated carbocycles. The predicted octanol–water partition coefficient (Wildman–Crippen LogP) is 4.70. The van der Waals surface area contributed by atoms with E-state index in [1.54, 1.807) is 24.7 Å². The SMILES string of the molecule is NCC(=O)c1ccc(CN(C(=O)N2CCCCC2)c2cccc(-c3ccoc3)c2)cc1. The van der Waals surface area contributed by atoms with Gasteiger partial charge in [-0.15, -0.1) is 0 Å². The summed E-state index contributed by atoms with van der Waals surface area (Å²) in [6.45, 7) is 1.96. The Labute approximate surface area is 182 Å². The van der Waals surface area contributed by atoms with Gasteiger partial charge in [-0.1, -0.05) is 36.4 Å². The molecular formula is C25H27N3O3. The van der Waals surface area contributed by atoms with Gasteiger partial charge in [-0.05, 0) is 48.6 Å². The zero-order chi connectivity index (χ0) is 21.6. The first kappa shape index (κ1) is 20.9. The highest BCUT2D eigenvalue weighted by Gasteiger charge is 2.24. The highest BCUT2D eigenvalue weighted by atomic mass is 16.3. The number of hydrogen-bond acceptors (Lipinski definition) is 4. The molecule has 2 heterocycles. The Bertz CT molecular complexity index is 1020. The molecule has 2 amide bonds. The summed E-state index contributed by atoms with van der Waals surface area (Å²) in [5.41, 5.74) is 9.79. The number of likely N-dealkylation sites (tertiary alicyclic amines) is 1. The van der Waals surface area contributed by atoms with Crippen molar-refractivity contribution < 1.29 is 14.0 Å². The third kappa shape index (κ3) is 4.86. The molecule has 1 fully saturated rings. The van der Waals surface area contributed by atoms with Crippen molar-refractivity contribution in [3.05, 3.63) is 78.3 Å². The Balaban J connectivity index is 1.64. The van der Waals surface area contributed by atoms with Crippen molar-refractivity contribution in [1.29, 1.82) is 0 Å². The molecule has 0 aliphatic carbocycles. The summed E-state index contributed by atoms with van der Waals surface area (Å²) in [5.74, 6) is -0.0967. The summed E-state index contributed by atoms with van der Waals surface area (Å²) >= 11 is 0. The van der Waals surface area contributed by atoms with Gasteiger partial charge in [0.15, 0.2) is 5.78 Å². The zero-order valence-corrected chi connectivity index (χ0v) is 17.5. The third-order valence-corrected chi connectivity index (χ3v) is 5.67. The quantitative estimate of drug-likeness (QED) is 0.590. The molecule has 6 heteroatoms. The number of carbonyl (C=O) groups is 2. The molecule has 3 aromatic rings. The number of urea groups is 1. The molecule has 1 aliphatic heterocycles. The van der Waals surface area contributed by atoms with Crippen LogP contribution in [0.5, 0.6) is 0 Å². The van der Waals surface area contributed by atoms with Crippen LogP contribution in [0.3, 0.4) is 0 Å². The van der Waals surface area contributed by atoms with Crippen molar-refractivity contribution in [2.24, 2.45) is 5.73 Å². The minimum absolute atomic E-state index is 0.00570. The summed E-state index contributed by atoms with van der Waals surface area (Å²) in [4.78, 5) is 29.1. The van der Waals surface area contributed by atoms with Crippen molar-refractivity contribution in [3.8, 4) is 11.1 Å². The van der Waals surface area contributed by atoms with Crippen LogP contribution in [0, 0.1) is 0 Å². The Kier molecular flexibility index (Phi) is 6.48. The number of furan rings is 1. The number of ketones is 1. The first-order valence-electron chi connectivity index (χ1n) is 10.7. The molecule has 1 aromatic heterocycles. The van der Waals surface area contributed by atoms with Crippen molar-refractivity contribution in [3.63, 3.8) is 0 Å². The van der Waals surface area contributed by atoms with Gasteiger partial charge in [-0.25, -0.2) is 4.79 Å². The standard InChI is InChI=1S/C25H27N3O3/c26-16-24(29)20-9-7-19(8-10-20)17-28(25(30)27-12-2-1-3-13-27)23-6-4-5-21(15-23)22-11-14-31-18-22/h4-11,14-15,18H,1-3,12-13,16-17,26H2. The molecular weight excluding hydrogens is 390 g/mol. The van der Waals surface area contributed by atoms with Crippen LogP contribution in [-0.2, 0) is 6.54 Å². The Hall–Kier alpha value is -3.38. The fourth-order valence-corrected chi connectivity index (χ4v) is 3.90. The summed E-state index contributed by atoms with van der Waals surface area (Å²) in [6, 6.07) is 17.2. The number of amides is 2. The highest BCUT2D eigenvalue weighted by molar-refractivity contribution is 5.97. The summed E-state index contributed by atoms with van der Waals surface area (Å²) in [5, 5.41) is 0. The molecule has 1 saturated heterocycles. The van der Waals surface area contributed by atoms with Gasteiger partial charge >= 0.3 is 6.03 Å². The molecule has 0 spiro atoms. The topological polar surface area (TPSA) is 79.8 Å². The monoisotopic (exact) mass is 417 g/mol. The van der Waals surface area contributed by atoms with Gasteiger partial charge in [0.25, 0.3) is 0 Å². The molecule has 6 nitrogen and oxygen atoms in total. The summed E-state index contributed by atoms with van der Waals surface area (Å²) in [6.07, 6.45) is 6.57. The number of carbonyl (C=O) groups excluding carboxylic acids is 2. The number of nitrogens with zero attached hydrogens (tertiary/aromatic N) is 2. The van der Waals surface area contributed by atoms with Crippen LogP contribution in [0.15, 0.2) is 71.5 Å². The fraction of sp³-hybridized carbons (Fsp3) is 0.280. The molecule has 0 radical (unpaired) electrons. The zero-order valence-electron chi connectivity index (χ0n) is 17.5. The van der Waals surface area contributed by atoms with E-state index in [0.717, 1.165) is 54.7 Å². The average Bonchev–Trinajstić information content (AvgIpc) is 3.38. The van der Waals surface area contributed by atoms with Gasteiger partial charge in [0.05, 0.1) is 25.6 Å². The van der Waals surface area contributed by atoms with Gasteiger partial charge in [0.1, 0.15) is 0 Å². The number of Topliss-reactive ketones (excluding diaryl/α,β-unsaturated/α-hetero) is 1. The molecule has 4 rings (SSSR count). The minimum Gasteiger partial charge on any atom is -0.472 e. The lowest BCUT2D eigenvalue weighted by molar-refractivity contribution is 0.100. The second-order valence-electron chi connectivity index (χ2n) is 7.80. The molecule has 0 unspecified atom stereocenters. The largest absolute Gasteiger partial charge is 0.472 e. The molecule has 160 valence electrons. The van der Waals surface area contributed by atoms with Crippen molar-refractivity contribution in [2.75, 3.05) is 24.5 Å². The second kappa shape index (κ2) is 9.62. The van der Waals surface area contributed by atoms with Gasteiger partial charge in [0, 0.05) is 29.9 Å². The van der Waals surface area contributed by atoms with E-state index >= 15 is 0 Å². The van der Waals surface area contributed by atoms with Crippen LogP contribution < -0.4 is 10.6 Å². The number of anilines is 1. The van der Waals surface area contributed by atoms with Crippen molar-refractivity contribution in [1.82, 2.24) is 4.90 Å². The lowest BCUT2D eigenvalue weighted by atomic mass is 10.1. The van der Waals surface area contributed by atoms with E-state index in [2.05, 4.69) is 0 Å². The van der Waals surface area contributed by atoms with E-state index in [9.17, 15) is 9.59 Å². The smallest absolute Gasteiger partial charge is 0.324 e. The average molecular weight is 418 g/mol. The van der Waals surface area contributed by atoms with Gasteiger partial charge in [-0.3, -0.25) is 9.69 Å². The number of piperidine rings is 1. The predicted molar refractivity (Wildman–Crippen MR) is 121 cm³/mol. The van der Waals surface area contributed by atoms with Gasteiger partial charge in [0.2, 0.25) is 0 Å². The Morgan fingerprint density at radius 2 is 1.74 bits per heavy atom. The summed E-state index contributed by atoms with van der Waals surface area (Å²) in [7, 11) is 0. The normalized spacial score (nSPS) is 13.8. The second-order valence-corrected chi connectivity index (χ2v) is 7.80. The van der Waals surface area contributed by atoms with E-state index in [4.69, 9.17) is 10.2 Å². The fourth-order valence-electron chi connectivity index (χ4n) is 3.90. The van der Waals surface area contributed by atoms with Crippen LogP contribution in [0.25, 0.3) is 11.1 Å². The van der Waals surface area contributed by atoms with Crippen LogP contribution in [0.4, 0.5) is 10.5 Å². The Morgan fingerprint density at radius 3 is 2.42 bits per heavy atom. The maximum absolute atomic E-state index is 13.5. The van der Waals surface area contributed by atoms with Crippen molar-refractivity contribution in [2.45, 2.75) is 25.8 Å². The number of nitrogens with two attached hydrogens (primary N) is 1. The third-order valence-electron chi connectivity index (χ3n) is 5.67. The van der Waals surface area contributed by atoms with Crippen LogP contribution >= 0.6 is 0 Å². The van der Waals surface area contributed by atoms with Gasteiger partial charge < -0.3 is 15.1 Å². The van der Waals surface area contributed by atoms with Crippen molar-refractivity contribution >= 4 is 17.5 Å². The van der Waals surface area contributed by atoms with Gasteiger partial charge in [-0.2, -0.15) is 0 Å². The van der Waals surface area contributed by atoms with Crippen LogP contribution in [0.2, 0.25) is 0 Å². The van der Waals surface area contributed by atoms with E-state index in [1.807, 2.05) is 52.3 Å². The van der Waals surface area contributed by atoms with E-state index < -0.39 is 0 Å². The molecule has 2 N–H and O–H groups in total. The maximum Gasteiger partial charge on any atom is 0.324 e.